The lowest BCUT2D eigenvalue weighted by Gasteiger charge is -2.36. The third-order valence-electron chi connectivity index (χ3n) is 10.5. The van der Waals surface area contributed by atoms with E-state index in [-0.39, 0.29) is 28.3 Å². The molecule has 2 unspecified atom stereocenters. The van der Waals surface area contributed by atoms with E-state index >= 15 is 0 Å². The Balaban J connectivity index is 1.32. The summed E-state index contributed by atoms with van der Waals surface area (Å²) in [5.74, 6) is 2.06. The number of nitrogens with zero attached hydrogens (tertiary/aromatic N) is 5. The van der Waals surface area contributed by atoms with Crippen molar-refractivity contribution in [2.24, 2.45) is 9.98 Å². The molecule has 0 aromatic heterocycles. The lowest BCUT2D eigenvalue weighted by molar-refractivity contribution is -0.515. The van der Waals surface area contributed by atoms with E-state index in [2.05, 4.69) is 108 Å². The van der Waals surface area contributed by atoms with Crippen LogP contribution in [0.5, 0.6) is 11.5 Å². The van der Waals surface area contributed by atoms with E-state index in [9.17, 15) is 10.2 Å². The fourth-order valence-corrected chi connectivity index (χ4v) is 7.18. The second-order valence-corrected chi connectivity index (χ2v) is 17.6. The highest BCUT2D eigenvalue weighted by Gasteiger charge is 2.34. The highest BCUT2D eigenvalue weighted by molar-refractivity contribution is 5.86. The number of aryl methyl sites for hydroxylation is 1. The van der Waals surface area contributed by atoms with Gasteiger partial charge in [0.2, 0.25) is 0 Å². The third kappa shape index (κ3) is 8.09. The fourth-order valence-electron chi connectivity index (χ4n) is 7.18. The summed E-state index contributed by atoms with van der Waals surface area (Å²) in [6, 6.07) is 8.66. The minimum absolute atomic E-state index is 0.0398. The molecule has 48 heavy (non-hydrogen) atoms. The van der Waals surface area contributed by atoms with Gasteiger partial charge in [-0.1, -0.05) is 74.4 Å². The normalized spacial score (nSPS) is 21.0. The summed E-state index contributed by atoms with van der Waals surface area (Å²) in [4.78, 5) is 15.0. The first-order chi connectivity index (χ1) is 22.4. The Morgan fingerprint density at radius 2 is 1.31 bits per heavy atom. The van der Waals surface area contributed by atoms with Gasteiger partial charge in [0.1, 0.15) is 11.5 Å². The number of hydrogen-bond acceptors (Lipinski definition) is 6. The maximum absolute atomic E-state index is 11.5. The van der Waals surface area contributed by atoms with E-state index in [0.717, 1.165) is 80.7 Å². The van der Waals surface area contributed by atoms with Crippen LogP contribution in [0.2, 0.25) is 0 Å². The van der Waals surface area contributed by atoms with Gasteiger partial charge in [0.15, 0.2) is 0 Å². The van der Waals surface area contributed by atoms with Crippen molar-refractivity contribution in [1.29, 1.82) is 0 Å². The third-order valence-corrected chi connectivity index (χ3v) is 10.5. The van der Waals surface area contributed by atoms with Crippen LogP contribution in [0.1, 0.15) is 128 Å². The summed E-state index contributed by atoms with van der Waals surface area (Å²) in [6.45, 7) is 25.2. The Morgan fingerprint density at radius 1 is 0.750 bits per heavy atom. The molecule has 0 radical (unpaired) electrons. The molecule has 2 atom stereocenters. The highest BCUT2D eigenvalue weighted by Crippen LogP contribution is 2.38. The molecular formula is C41H62N5O2+. The van der Waals surface area contributed by atoms with E-state index in [1.54, 1.807) is 0 Å². The van der Waals surface area contributed by atoms with Gasteiger partial charge < -0.3 is 10.2 Å². The molecule has 3 aliphatic rings. The molecular weight excluding hydrogens is 594 g/mol. The van der Waals surface area contributed by atoms with Crippen LogP contribution < -0.4 is 0 Å². The zero-order valence-corrected chi connectivity index (χ0v) is 31.5. The van der Waals surface area contributed by atoms with Crippen LogP contribution in [0, 0.1) is 0 Å². The summed E-state index contributed by atoms with van der Waals surface area (Å²) < 4.78 is 2.42. The maximum atomic E-state index is 11.5. The van der Waals surface area contributed by atoms with E-state index in [1.807, 2.05) is 12.4 Å². The molecule has 2 aliphatic heterocycles. The van der Waals surface area contributed by atoms with Gasteiger partial charge in [-0.3, -0.25) is 24.4 Å². The fraction of sp³-hybridized carbons (Fsp3) is 0.634. The Hall–Kier alpha value is -3.35. The molecule has 0 amide bonds. The number of benzene rings is 2. The molecule has 1 saturated carbocycles. The van der Waals surface area contributed by atoms with Gasteiger partial charge in [0, 0.05) is 42.0 Å². The van der Waals surface area contributed by atoms with Crippen LogP contribution in [0.3, 0.4) is 0 Å². The van der Waals surface area contributed by atoms with Crippen LogP contribution >= 0.6 is 0 Å². The van der Waals surface area contributed by atoms with Crippen molar-refractivity contribution in [1.82, 2.24) is 9.80 Å². The topological polar surface area (TPSA) is 74.7 Å². The van der Waals surface area contributed by atoms with E-state index < -0.39 is 0 Å². The minimum Gasteiger partial charge on any atom is -0.507 e. The number of hydrogen-bond donors (Lipinski definition) is 2. The Kier molecular flexibility index (Phi) is 10.4. The van der Waals surface area contributed by atoms with Crippen molar-refractivity contribution in [2.45, 2.75) is 129 Å². The molecule has 7 nitrogen and oxygen atoms in total. The monoisotopic (exact) mass is 656 g/mol. The van der Waals surface area contributed by atoms with Crippen molar-refractivity contribution in [3.8, 4) is 11.5 Å². The first-order valence-corrected chi connectivity index (χ1v) is 18.3. The number of rotatable bonds is 8. The Labute approximate surface area is 290 Å². The summed E-state index contributed by atoms with van der Waals surface area (Å²) in [5, 5.41) is 22.7. The first kappa shape index (κ1) is 35.9. The van der Waals surface area contributed by atoms with Gasteiger partial charge in [-0.25, -0.2) is 0 Å². The SMILES string of the molecule is C[N+]1=C2N(CCCc3cc(C(C)(C)C)cc(C=NC4CCC4N=Cc4cc(C(C)(C)C)cc(C(C)(C)C)c4O)c3O)CCCN2CCC1. The van der Waals surface area contributed by atoms with E-state index in [4.69, 9.17) is 9.98 Å². The van der Waals surface area contributed by atoms with Crippen LogP contribution in [0.4, 0.5) is 0 Å². The zero-order valence-electron chi connectivity index (χ0n) is 31.5. The predicted octanol–water partition coefficient (Wildman–Crippen LogP) is 7.40. The summed E-state index contributed by atoms with van der Waals surface area (Å²) in [7, 11) is 2.22. The molecule has 2 aromatic carbocycles. The predicted molar refractivity (Wildman–Crippen MR) is 201 cm³/mol. The Bertz CT molecular complexity index is 1570. The number of aromatic hydroxyl groups is 2. The van der Waals surface area contributed by atoms with Gasteiger partial charge >= 0.3 is 5.96 Å². The molecule has 1 aliphatic carbocycles. The van der Waals surface area contributed by atoms with Gasteiger partial charge in [-0.2, -0.15) is 0 Å². The molecule has 2 heterocycles. The standard InChI is InChI=1S/C41H61N5O2/c1-39(2,3)31-22-28(14-11-18-45-20-13-21-46-19-12-17-44(10)38(45)46)36(47)29(23-31)26-42-34-15-16-35(34)43-27-30-24-32(40(4,5)6)25-33(37(30)48)41(7,8)9/h22-27,34-35H,11-21H2,1-10H3,(H-,42,43,47,48)/p+1. The quantitative estimate of drug-likeness (QED) is 0.229. The summed E-state index contributed by atoms with van der Waals surface area (Å²) in [5.41, 5.74) is 5.66. The lowest BCUT2D eigenvalue weighted by atomic mass is 9.79. The molecule has 262 valence electrons. The van der Waals surface area contributed by atoms with Crippen molar-refractivity contribution < 1.29 is 14.8 Å². The zero-order chi connectivity index (χ0) is 35.0. The second kappa shape index (κ2) is 13.9. The molecule has 2 aromatic rings. The number of phenolic OH excluding ortho intramolecular Hbond substituents is 2. The summed E-state index contributed by atoms with van der Waals surface area (Å²) >= 11 is 0. The van der Waals surface area contributed by atoms with Crippen LogP contribution in [-0.4, -0.2) is 94.8 Å². The highest BCUT2D eigenvalue weighted by atomic mass is 16.3. The molecule has 2 fully saturated rings. The molecule has 1 saturated heterocycles. The Morgan fingerprint density at radius 3 is 1.88 bits per heavy atom. The molecule has 7 heteroatoms. The van der Waals surface area contributed by atoms with E-state index in [1.165, 1.54) is 29.9 Å². The van der Waals surface area contributed by atoms with Crippen LogP contribution in [0.15, 0.2) is 34.3 Å². The van der Waals surface area contributed by atoms with Gasteiger partial charge in [-0.15, -0.1) is 0 Å². The smallest absolute Gasteiger partial charge is 0.350 e. The van der Waals surface area contributed by atoms with E-state index in [0.29, 0.717) is 11.5 Å². The second-order valence-electron chi connectivity index (χ2n) is 17.6. The van der Waals surface area contributed by atoms with Crippen molar-refractivity contribution >= 4 is 18.4 Å². The largest absolute Gasteiger partial charge is 0.507 e. The van der Waals surface area contributed by atoms with Crippen molar-refractivity contribution in [2.75, 3.05) is 39.8 Å². The summed E-state index contributed by atoms with van der Waals surface area (Å²) in [6.07, 6.45) is 9.91. The van der Waals surface area contributed by atoms with Crippen molar-refractivity contribution in [3.05, 3.63) is 57.6 Å². The van der Waals surface area contributed by atoms with Crippen molar-refractivity contribution in [3.63, 3.8) is 0 Å². The average molecular weight is 657 g/mol. The molecule has 0 bridgehead atoms. The average Bonchev–Trinajstić information content (AvgIpc) is 2.97. The van der Waals surface area contributed by atoms with Crippen LogP contribution in [-0.2, 0) is 22.7 Å². The van der Waals surface area contributed by atoms with Gasteiger partial charge in [0.25, 0.3) is 0 Å². The maximum Gasteiger partial charge on any atom is 0.350 e. The first-order valence-electron chi connectivity index (χ1n) is 18.3. The van der Waals surface area contributed by atoms with Crippen LogP contribution in [0.25, 0.3) is 0 Å². The lowest BCUT2D eigenvalue weighted by Crippen LogP contribution is -2.57. The molecule has 5 rings (SSSR count). The number of phenols is 2. The number of aliphatic imine (C=N–C) groups is 2. The molecule has 0 spiro atoms. The van der Waals surface area contributed by atoms with Gasteiger partial charge in [-0.05, 0) is 70.8 Å². The van der Waals surface area contributed by atoms with Gasteiger partial charge in [0.05, 0.1) is 51.9 Å². The number of guanidine groups is 1. The minimum atomic E-state index is -0.181. The molecule has 2 N–H and O–H groups in total. The number of fused-ring (bicyclic) bond motifs is 1.